The van der Waals surface area contributed by atoms with Gasteiger partial charge in [-0.05, 0) is 43.9 Å². The summed E-state index contributed by atoms with van der Waals surface area (Å²) in [6.07, 6.45) is 6.95. The number of aliphatic carboxylic acids is 1. The van der Waals surface area contributed by atoms with Crippen molar-refractivity contribution >= 4 is 5.97 Å². The van der Waals surface area contributed by atoms with Gasteiger partial charge in [0.25, 0.3) is 0 Å². The van der Waals surface area contributed by atoms with Crippen LogP contribution in [-0.2, 0) is 4.79 Å². The number of likely N-dealkylation sites (tertiary alicyclic amines) is 1. The van der Waals surface area contributed by atoms with Gasteiger partial charge < -0.3 is 10.0 Å². The Kier molecular flexibility index (Phi) is 4.31. The number of nitrogens with zero attached hydrogens (tertiary/aromatic N) is 1. The van der Waals surface area contributed by atoms with Crippen LogP contribution in [0.15, 0.2) is 0 Å². The van der Waals surface area contributed by atoms with Crippen molar-refractivity contribution in [2.75, 3.05) is 19.6 Å². The van der Waals surface area contributed by atoms with E-state index in [-0.39, 0.29) is 0 Å². The molecule has 2 atom stereocenters. The summed E-state index contributed by atoms with van der Waals surface area (Å²) in [4.78, 5) is 14.0. The van der Waals surface area contributed by atoms with Crippen LogP contribution in [0, 0.1) is 17.3 Å². The van der Waals surface area contributed by atoms with Gasteiger partial charge in [-0.25, -0.2) is 0 Å². The second-order valence-corrected chi connectivity index (χ2v) is 6.39. The molecule has 2 fully saturated rings. The molecule has 0 aromatic rings. The summed E-state index contributed by atoms with van der Waals surface area (Å²) >= 11 is 0. The van der Waals surface area contributed by atoms with Crippen molar-refractivity contribution in [2.45, 2.75) is 52.4 Å². The first-order valence-corrected chi connectivity index (χ1v) is 7.55. The van der Waals surface area contributed by atoms with Crippen molar-refractivity contribution in [1.82, 2.24) is 4.90 Å². The minimum atomic E-state index is -0.608. The third-order valence-corrected chi connectivity index (χ3v) is 5.26. The number of carboxylic acids is 1. The lowest BCUT2D eigenvalue weighted by atomic mass is 9.76. The largest absolute Gasteiger partial charge is 0.481 e. The molecule has 0 spiro atoms. The number of hydrogen-bond donors (Lipinski definition) is 1. The molecule has 18 heavy (non-hydrogen) atoms. The van der Waals surface area contributed by atoms with Crippen LogP contribution in [0.3, 0.4) is 0 Å². The topological polar surface area (TPSA) is 40.5 Å². The second-order valence-electron chi connectivity index (χ2n) is 6.39. The van der Waals surface area contributed by atoms with Crippen molar-refractivity contribution in [2.24, 2.45) is 17.3 Å². The maximum Gasteiger partial charge on any atom is 0.310 e. The lowest BCUT2D eigenvalue weighted by Crippen LogP contribution is -2.49. The molecule has 3 heteroatoms. The van der Waals surface area contributed by atoms with E-state index in [1.807, 2.05) is 13.8 Å². The number of rotatable bonds is 5. The summed E-state index contributed by atoms with van der Waals surface area (Å²) in [6.45, 7) is 7.05. The van der Waals surface area contributed by atoms with E-state index in [0.29, 0.717) is 0 Å². The number of piperidine rings is 1. The van der Waals surface area contributed by atoms with Gasteiger partial charge in [0.2, 0.25) is 0 Å². The van der Waals surface area contributed by atoms with E-state index in [1.54, 1.807) is 0 Å². The number of hydrogen-bond acceptors (Lipinski definition) is 2. The molecule has 2 rings (SSSR count). The van der Waals surface area contributed by atoms with Crippen molar-refractivity contribution in [1.29, 1.82) is 0 Å². The Balaban J connectivity index is 2.01. The Morgan fingerprint density at radius 3 is 2.22 bits per heavy atom. The molecule has 3 nitrogen and oxygen atoms in total. The van der Waals surface area contributed by atoms with Gasteiger partial charge in [-0.3, -0.25) is 4.79 Å². The van der Waals surface area contributed by atoms with Crippen LogP contribution in [0.4, 0.5) is 0 Å². The molecule has 2 bridgehead atoms. The molecule has 0 amide bonds. The molecule has 1 saturated carbocycles. The highest BCUT2D eigenvalue weighted by molar-refractivity contribution is 5.74. The van der Waals surface area contributed by atoms with Crippen LogP contribution in [0.5, 0.6) is 0 Å². The normalized spacial score (nSPS) is 29.2. The molecule has 0 radical (unpaired) electrons. The fraction of sp³-hybridized carbons (Fsp3) is 0.933. The molecule has 2 aliphatic rings. The fourth-order valence-corrected chi connectivity index (χ4v) is 3.94. The molecule has 1 heterocycles. The highest BCUT2D eigenvalue weighted by Gasteiger charge is 2.39. The average Bonchev–Trinajstić information content (AvgIpc) is 2.35. The summed E-state index contributed by atoms with van der Waals surface area (Å²) < 4.78 is 0. The second kappa shape index (κ2) is 5.60. The van der Waals surface area contributed by atoms with E-state index < -0.39 is 11.4 Å². The van der Waals surface area contributed by atoms with E-state index in [2.05, 4.69) is 4.90 Å². The summed E-state index contributed by atoms with van der Waals surface area (Å²) in [5.74, 6) is 1.05. The highest BCUT2D eigenvalue weighted by atomic mass is 16.4. The first-order valence-electron chi connectivity index (χ1n) is 7.55. The minimum absolute atomic E-state index is 0.522. The van der Waals surface area contributed by atoms with Gasteiger partial charge in [-0.2, -0.15) is 0 Å². The monoisotopic (exact) mass is 253 g/mol. The summed E-state index contributed by atoms with van der Waals surface area (Å²) in [7, 11) is 0. The van der Waals surface area contributed by atoms with Crippen LogP contribution in [-0.4, -0.2) is 35.6 Å². The third kappa shape index (κ3) is 2.71. The molecular weight excluding hydrogens is 226 g/mol. The molecule has 0 aromatic carbocycles. The molecule has 2 unspecified atom stereocenters. The zero-order valence-corrected chi connectivity index (χ0v) is 11.8. The lowest BCUT2D eigenvalue weighted by molar-refractivity contribution is -0.151. The molecule has 0 aromatic heterocycles. The van der Waals surface area contributed by atoms with Crippen LogP contribution < -0.4 is 0 Å². The summed E-state index contributed by atoms with van der Waals surface area (Å²) in [5, 5.41) is 9.53. The molecule has 1 N–H and O–H groups in total. The lowest BCUT2D eigenvalue weighted by Gasteiger charge is -2.44. The van der Waals surface area contributed by atoms with Crippen molar-refractivity contribution in [3.8, 4) is 0 Å². The number of fused-ring (bicyclic) bond motifs is 2. The first-order chi connectivity index (χ1) is 8.59. The smallest absolute Gasteiger partial charge is 0.310 e. The maximum absolute atomic E-state index is 11.6. The van der Waals surface area contributed by atoms with E-state index in [4.69, 9.17) is 0 Å². The zero-order valence-electron chi connectivity index (χ0n) is 11.8. The molecule has 1 aliphatic heterocycles. The van der Waals surface area contributed by atoms with Gasteiger partial charge in [0.1, 0.15) is 0 Å². The first kappa shape index (κ1) is 13.9. The van der Waals surface area contributed by atoms with Gasteiger partial charge >= 0.3 is 5.97 Å². The molecule has 104 valence electrons. The predicted molar refractivity (Wildman–Crippen MR) is 72.5 cm³/mol. The van der Waals surface area contributed by atoms with Crippen molar-refractivity contribution < 1.29 is 9.90 Å². The Labute approximate surface area is 111 Å². The molecule has 1 aliphatic carbocycles. The van der Waals surface area contributed by atoms with E-state index in [9.17, 15) is 9.90 Å². The Morgan fingerprint density at radius 1 is 1.22 bits per heavy atom. The Morgan fingerprint density at radius 2 is 1.78 bits per heavy atom. The zero-order chi connectivity index (χ0) is 13.2. The quantitative estimate of drug-likeness (QED) is 0.819. The molecule has 1 saturated heterocycles. The SMILES string of the molecule is CCC(CC)(CN1CC2CCCC(C2)C1)C(=O)O. The van der Waals surface area contributed by atoms with Crippen LogP contribution in [0.1, 0.15) is 52.4 Å². The van der Waals surface area contributed by atoms with Gasteiger partial charge in [0, 0.05) is 19.6 Å². The Hall–Kier alpha value is -0.570. The predicted octanol–water partition coefficient (Wildman–Crippen LogP) is 3.00. The van der Waals surface area contributed by atoms with E-state index >= 15 is 0 Å². The summed E-state index contributed by atoms with van der Waals surface area (Å²) in [6, 6.07) is 0. The van der Waals surface area contributed by atoms with Crippen LogP contribution in [0.25, 0.3) is 0 Å². The van der Waals surface area contributed by atoms with E-state index in [0.717, 1.165) is 44.3 Å². The highest BCUT2D eigenvalue weighted by Crippen LogP contribution is 2.37. The maximum atomic E-state index is 11.6. The summed E-state index contributed by atoms with van der Waals surface area (Å²) in [5.41, 5.74) is -0.522. The van der Waals surface area contributed by atoms with Gasteiger partial charge in [0.15, 0.2) is 0 Å². The van der Waals surface area contributed by atoms with E-state index in [1.165, 1.54) is 25.7 Å². The van der Waals surface area contributed by atoms with Gasteiger partial charge in [0.05, 0.1) is 5.41 Å². The van der Waals surface area contributed by atoms with Gasteiger partial charge in [-0.1, -0.05) is 20.3 Å². The number of carboxylic acid groups (broad SMARTS) is 1. The number of carbonyl (C=O) groups is 1. The van der Waals surface area contributed by atoms with Crippen LogP contribution in [0.2, 0.25) is 0 Å². The van der Waals surface area contributed by atoms with Crippen molar-refractivity contribution in [3.05, 3.63) is 0 Å². The van der Waals surface area contributed by atoms with Gasteiger partial charge in [-0.15, -0.1) is 0 Å². The average molecular weight is 253 g/mol. The Bertz CT molecular complexity index is 287. The fourth-order valence-electron chi connectivity index (χ4n) is 3.94. The van der Waals surface area contributed by atoms with Crippen molar-refractivity contribution in [3.63, 3.8) is 0 Å². The standard InChI is InChI=1S/C15H27NO2/c1-3-15(4-2,14(17)18)11-16-9-12-6-5-7-13(8-12)10-16/h12-13H,3-11H2,1-2H3,(H,17,18). The molecular formula is C15H27NO2. The van der Waals surface area contributed by atoms with Crippen LogP contribution >= 0.6 is 0 Å². The minimum Gasteiger partial charge on any atom is -0.481 e. The third-order valence-electron chi connectivity index (χ3n) is 5.26.